The molecule has 0 atom stereocenters. The van der Waals surface area contributed by atoms with Crippen molar-refractivity contribution < 1.29 is 0 Å². The zero-order valence-electron chi connectivity index (χ0n) is 36.4. The molecule has 0 saturated carbocycles. The Kier molecular flexibility index (Phi) is 9.14. The summed E-state index contributed by atoms with van der Waals surface area (Å²) in [5.41, 5.74) is 12.8. The Bertz CT molecular complexity index is 3900. The second-order valence-electron chi connectivity index (χ2n) is 17.2. The molecule has 0 aliphatic rings. The van der Waals surface area contributed by atoms with Crippen molar-refractivity contribution >= 4 is 54.1 Å². The van der Waals surface area contributed by atoms with Gasteiger partial charge in [0, 0.05) is 21.9 Å². The highest BCUT2D eigenvalue weighted by Gasteiger charge is 2.24. The van der Waals surface area contributed by atoms with Gasteiger partial charge in [-0.3, -0.25) is 0 Å². The second-order valence-corrected chi connectivity index (χ2v) is 17.2. The largest absolute Gasteiger partial charge is 0.308 e. The third kappa shape index (κ3) is 6.65. The lowest BCUT2D eigenvalue weighted by Crippen LogP contribution is -2.05. The van der Waals surface area contributed by atoms with Crippen LogP contribution < -0.4 is 0 Å². The number of fused-ring (bicyclic) bond motifs is 6. The third-order valence-corrected chi connectivity index (χ3v) is 13.2. The molecule has 13 aromatic rings. The third-order valence-electron chi connectivity index (χ3n) is 13.2. The topological polar surface area (TPSA) is 43.6 Å². The van der Waals surface area contributed by atoms with Crippen molar-refractivity contribution in [1.29, 1.82) is 0 Å². The van der Waals surface area contributed by atoms with Gasteiger partial charge in [-0.1, -0.05) is 218 Å². The quantitative estimate of drug-likeness (QED) is 0.160. The van der Waals surface area contributed by atoms with Crippen LogP contribution >= 0.6 is 0 Å². The number of benzene rings is 11. The molecule has 2 aromatic heterocycles. The Morgan fingerprint density at radius 2 is 0.716 bits per heavy atom. The van der Waals surface area contributed by atoms with Gasteiger partial charge >= 0.3 is 0 Å². The van der Waals surface area contributed by atoms with Gasteiger partial charge in [0.1, 0.15) is 0 Å². The van der Waals surface area contributed by atoms with Crippen LogP contribution in [0.5, 0.6) is 0 Å². The maximum atomic E-state index is 5.51. The Balaban J connectivity index is 1.13. The van der Waals surface area contributed by atoms with E-state index in [1.165, 1.54) is 37.9 Å². The van der Waals surface area contributed by atoms with Gasteiger partial charge in [-0.05, 0) is 90.0 Å². The van der Waals surface area contributed by atoms with Gasteiger partial charge in [0.2, 0.25) is 0 Å². The van der Waals surface area contributed by atoms with E-state index >= 15 is 0 Å². The van der Waals surface area contributed by atoms with Crippen LogP contribution in [0, 0.1) is 0 Å². The van der Waals surface area contributed by atoms with E-state index in [-0.39, 0.29) is 0 Å². The average molecular weight is 853 g/mol. The first-order valence-corrected chi connectivity index (χ1v) is 22.8. The van der Waals surface area contributed by atoms with E-state index < -0.39 is 0 Å². The molecule has 11 aromatic carbocycles. The van der Waals surface area contributed by atoms with Crippen molar-refractivity contribution in [3.8, 4) is 73.2 Å². The summed E-state index contributed by atoms with van der Waals surface area (Å²) in [5, 5.41) is 9.32. The van der Waals surface area contributed by atoms with Crippen molar-refractivity contribution in [1.82, 2.24) is 19.5 Å². The van der Waals surface area contributed by atoms with E-state index in [1.54, 1.807) is 0 Å². The van der Waals surface area contributed by atoms with Crippen molar-refractivity contribution in [3.63, 3.8) is 0 Å². The number of hydrogen-bond donors (Lipinski definition) is 0. The molecule has 67 heavy (non-hydrogen) atoms. The first-order chi connectivity index (χ1) is 33.2. The van der Waals surface area contributed by atoms with Crippen LogP contribution in [0.1, 0.15) is 0 Å². The lowest BCUT2D eigenvalue weighted by Gasteiger charge is -2.20. The van der Waals surface area contributed by atoms with E-state index in [0.29, 0.717) is 17.5 Å². The Labute approximate surface area is 387 Å². The molecule has 2 heterocycles. The molecule has 0 fully saturated rings. The van der Waals surface area contributed by atoms with E-state index in [1.807, 2.05) is 12.1 Å². The molecular weight excluding hydrogens is 813 g/mol. The fourth-order valence-electron chi connectivity index (χ4n) is 10.0. The summed E-state index contributed by atoms with van der Waals surface area (Å²) < 4.78 is 2.44. The summed E-state index contributed by atoms with van der Waals surface area (Å²) in [6.45, 7) is 0. The summed E-state index contributed by atoms with van der Waals surface area (Å²) in [6, 6.07) is 86.6. The molecule has 0 saturated heterocycles. The first kappa shape index (κ1) is 38.5. The molecule has 4 nitrogen and oxygen atoms in total. The van der Waals surface area contributed by atoms with Gasteiger partial charge in [-0.15, -0.1) is 0 Å². The van der Waals surface area contributed by atoms with E-state index in [2.05, 4.69) is 235 Å². The van der Waals surface area contributed by atoms with Crippen molar-refractivity contribution in [2.24, 2.45) is 0 Å². The van der Waals surface area contributed by atoms with Crippen LogP contribution in [0.25, 0.3) is 127 Å². The van der Waals surface area contributed by atoms with Crippen LogP contribution in [0.3, 0.4) is 0 Å². The lowest BCUT2D eigenvalue weighted by atomic mass is 9.90. The molecule has 13 rings (SSSR count). The van der Waals surface area contributed by atoms with Gasteiger partial charge in [-0.25, -0.2) is 15.0 Å². The Morgan fingerprint density at radius 3 is 1.36 bits per heavy atom. The van der Waals surface area contributed by atoms with Crippen LogP contribution in [-0.2, 0) is 0 Å². The highest BCUT2D eigenvalue weighted by atomic mass is 15.1. The van der Waals surface area contributed by atoms with Crippen LogP contribution in [0.4, 0.5) is 0 Å². The SMILES string of the molecule is c1ccc(-c2ccc(-c3nc(-c4ccc(-c5ccccc5)cc4)nc(-c4c(-n5c6ccccc6c6cc7ccccc7cc65)cc(-c5cccc6ccccc56)c5ccccc45)n3)cc2)cc1. The molecule has 0 unspecified atom stereocenters. The molecular formula is C63H40N4. The minimum Gasteiger partial charge on any atom is -0.308 e. The molecule has 0 amide bonds. The van der Waals surface area contributed by atoms with Crippen molar-refractivity contribution in [2.75, 3.05) is 0 Å². The molecule has 0 bridgehead atoms. The van der Waals surface area contributed by atoms with E-state index in [4.69, 9.17) is 15.0 Å². The summed E-state index contributed by atoms with van der Waals surface area (Å²) >= 11 is 0. The number of aromatic nitrogens is 4. The van der Waals surface area contributed by atoms with Gasteiger partial charge in [-0.2, -0.15) is 0 Å². The van der Waals surface area contributed by atoms with Gasteiger partial charge in [0.25, 0.3) is 0 Å². The molecule has 0 aliphatic heterocycles. The fraction of sp³-hybridized carbons (Fsp3) is 0. The first-order valence-electron chi connectivity index (χ1n) is 22.8. The highest BCUT2D eigenvalue weighted by molar-refractivity contribution is 6.16. The van der Waals surface area contributed by atoms with Gasteiger partial charge < -0.3 is 4.57 Å². The lowest BCUT2D eigenvalue weighted by molar-refractivity contribution is 1.07. The van der Waals surface area contributed by atoms with Crippen LogP contribution in [-0.4, -0.2) is 19.5 Å². The minimum absolute atomic E-state index is 0.599. The number of para-hydroxylation sites is 1. The summed E-state index contributed by atoms with van der Waals surface area (Å²) in [5.74, 6) is 1.81. The molecule has 0 radical (unpaired) electrons. The van der Waals surface area contributed by atoms with E-state index in [0.717, 1.165) is 72.0 Å². The van der Waals surface area contributed by atoms with E-state index in [9.17, 15) is 0 Å². The molecule has 4 heteroatoms. The second kappa shape index (κ2) is 15.9. The molecule has 0 aliphatic carbocycles. The standard InChI is InChI=1S/C63H40N4/c1-3-16-41(17-4-1)43-30-34-46(35-31-43)61-64-62(47-36-32-44(33-37-47)42-18-5-2-6-19-42)66-63(65-61)60-54-27-12-11-25-52(54)55(51-28-15-23-45-20-9-10-24-50(45)51)40-59(60)67-57-29-14-13-26-53(57)56-38-48-21-7-8-22-49(48)39-58(56)67/h1-40H. The van der Waals surface area contributed by atoms with Gasteiger partial charge in [0.05, 0.1) is 22.3 Å². The van der Waals surface area contributed by atoms with Crippen molar-refractivity contribution in [3.05, 3.63) is 243 Å². The average Bonchev–Trinajstić information content (AvgIpc) is 3.72. The maximum Gasteiger partial charge on any atom is 0.166 e. The monoisotopic (exact) mass is 852 g/mol. The molecule has 312 valence electrons. The Morgan fingerprint density at radius 1 is 0.254 bits per heavy atom. The maximum absolute atomic E-state index is 5.51. The highest BCUT2D eigenvalue weighted by Crippen LogP contribution is 2.45. The Hall–Kier alpha value is -8.99. The summed E-state index contributed by atoms with van der Waals surface area (Å²) in [7, 11) is 0. The number of nitrogens with zero attached hydrogens (tertiary/aromatic N) is 4. The number of hydrogen-bond acceptors (Lipinski definition) is 3. The molecule has 0 N–H and O–H groups in total. The fourth-order valence-corrected chi connectivity index (χ4v) is 10.0. The smallest absolute Gasteiger partial charge is 0.166 e. The normalized spacial score (nSPS) is 11.6. The molecule has 0 spiro atoms. The van der Waals surface area contributed by atoms with Crippen molar-refractivity contribution in [2.45, 2.75) is 0 Å². The summed E-state index contributed by atoms with van der Waals surface area (Å²) in [6.07, 6.45) is 0. The predicted octanol–water partition coefficient (Wildman–Crippen LogP) is 16.4. The summed E-state index contributed by atoms with van der Waals surface area (Å²) in [4.78, 5) is 16.3. The number of rotatable bonds is 7. The zero-order chi connectivity index (χ0) is 44.3. The zero-order valence-corrected chi connectivity index (χ0v) is 36.4. The van der Waals surface area contributed by atoms with Gasteiger partial charge in [0.15, 0.2) is 17.5 Å². The predicted molar refractivity (Wildman–Crippen MR) is 279 cm³/mol. The van der Waals surface area contributed by atoms with Crippen LogP contribution in [0.15, 0.2) is 243 Å². The van der Waals surface area contributed by atoms with Crippen LogP contribution in [0.2, 0.25) is 0 Å². The minimum atomic E-state index is 0.599.